The van der Waals surface area contributed by atoms with Crippen LogP contribution in [0, 0.1) is 0 Å². The maximum atomic E-state index is 11.8. The molecule has 0 fully saturated rings. The molecule has 0 N–H and O–H groups in total. The summed E-state index contributed by atoms with van der Waals surface area (Å²) in [5, 5.41) is 0. The summed E-state index contributed by atoms with van der Waals surface area (Å²) in [6, 6.07) is 17.1. The van der Waals surface area contributed by atoms with Gasteiger partial charge in [0.2, 0.25) is 0 Å². The van der Waals surface area contributed by atoms with Crippen molar-refractivity contribution in [2.75, 3.05) is 19.5 Å². The first-order chi connectivity index (χ1) is 12.4. The summed E-state index contributed by atoms with van der Waals surface area (Å²) >= 11 is 0. The van der Waals surface area contributed by atoms with Crippen molar-refractivity contribution in [1.82, 2.24) is 0 Å². The summed E-state index contributed by atoms with van der Waals surface area (Å²) in [5.41, 5.74) is 4.20. The van der Waals surface area contributed by atoms with E-state index in [1.807, 2.05) is 44.2 Å². The van der Waals surface area contributed by atoms with Crippen LogP contribution in [0.25, 0.3) is 11.1 Å². The van der Waals surface area contributed by atoms with E-state index in [2.05, 4.69) is 12.1 Å². The summed E-state index contributed by atoms with van der Waals surface area (Å²) in [6.45, 7) is 4.97. The minimum atomic E-state index is -3.23. The zero-order valence-electron chi connectivity index (χ0n) is 15.4. The van der Waals surface area contributed by atoms with Crippen LogP contribution in [-0.2, 0) is 19.3 Å². The molecule has 5 heteroatoms. The summed E-state index contributed by atoms with van der Waals surface area (Å²) in [7, 11) is -3.23. The van der Waals surface area contributed by atoms with Gasteiger partial charge in [0.05, 0.1) is 4.90 Å². The molecule has 0 atom stereocenters. The molecule has 0 spiro atoms. The largest absolute Gasteiger partial charge is 0.346 e. The topological polar surface area (TPSA) is 52.6 Å². The lowest BCUT2D eigenvalue weighted by atomic mass is 9.74. The van der Waals surface area contributed by atoms with Gasteiger partial charge in [0.25, 0.3) is 0 Å². The first kappa shape index (κ1) is 18.8. The molecule has 3 rings (SSSR count). The van der Waals surface area contributed by atoms with Gasteiger partial charge in [0.1, 0.15) is 0 Å². The lowest BCUT2D eigenvalue weighted by molar-refractivity contribution is -0.194. The van der Waals surface area contributed by atoms with E-state index >= 15 is 0 Å². The number of hydrogen-bond acceptors (Lipinski definition) is 4. The fourth-order valence-corrected chi connectivity index (χ4v) is 4.07. The third kappa shape index (κ3) is 3.47. The van der Waals surface area contributed by atoms with Crippen LogP contribution in [0.3, 0.4) is 0 Å². The van der Waals surface area contributed by atoms with E-state index in [9.17, 15) is 8.42 Å². The molecule has 2 aromatic rings. The van der Waals surface area contributed by atoms with Crippen LogP contribution in [0.5, 0.6) is 0 Å². The van der Waals surface area contributed by atoms with Crippen molar-refractivity contribution in [2.24, 2.45) is 0 Å². The van der Waals surface area contributed by atoms with Crippen LogP contribution in [0.15, 0.2) is 59.5 Å². The molecule has 0 aliphatic heterocycles. The Kier molecular flexibility index (Phi) is 5.32. The highest BCUT2D eigenvalue weighted by Crippen LogP contribution is 2.52. The third-order valence-corrected chi connectivity index (χ3v) is 5.67. The molecule has 1 aliphatic rings. The van der Waals surface area contributed by atoms with Crippen molar-refractivity contribution in [3.8, 4) is 0 Å². The molecule has 0 radical (unpaired) electrons. The molecule has 0 saturated carbocycles. The second-order valence-electron chi connectivity index (χ2n) is 6.31. The SMILES string of the molecule is CCOC1(OCC)CC(c2ccccc2)=C1c1ccc(S(C)(=O)=O)cc1. The highest BCUT2D eigenvalue weighted by atomic mass is 32.2. The molecule has 0 unspecified atom stereocenters. The van der Waals surface area contributed by atoms with Crippen molar-refractivity contribution < 1.29 is 17.9 Å². The van der Waals surface area contributed by atoms with Crippen molar-refractivity contribution in [2.45, 2.75) is 31.0 Å². The van der Waals surface area contributed by atoms with Gasteiger partial charge < -0.3 is 9.47 Å². The van der Waals surface area contributed by atoms with Crippen LogP contribution in [-0.4, -0.2) is 33.7 Å². The van der Waals surface area contributed by atoms with Gasteiger partial charge in [-0.15, -0.1) is 0 Å². The van der Waals surface area contributed by atoms with E-state index in [4.69, 9.17) is 9.47 Å². The van der Waals surface area contributed by atoms with Crippen molar-refractivity contribution in [1.29, 1.82) is 0 Å². The minimum Gasteiger partial charge on any atom is -0.346 e. The average molecular weight is 372 g/mol. The number of benzene rings is 2. The molecule has 0 bridgehead atoms. The molecule has 1 aliphatic carbocycles. The molecule has 2 aromatic carbocycles. The van der Waals surface area contributed by atoms with E-state index in [1.54, 1.807) is 12.1 Å². The minimum absolute atomic E-state index is 0.306. The zero-order valence-corrected chi connectivity index (χ0v) is 16.2. The Morgan fingerprint density at radius 2 is 1.46 bits per heavy atom. The smallest absolute Gasteiger partial charge is 0.199 e. The molecular formula is C21H24O4S. The van der Waals surface area contributed by atoms with E-state index in [1.165, 1.54) is 11.8 Å². The fourth-order valence-electron chi connectivity index (χ4n) is 3.44. The first-order valence-corrected chi connectivity index (χ1v) is 10.7. The lowest BCUT2D eigenvalue weighted by Gasteiger charge is -2.45. The molecular weight excluding hydrogens is 348 g/mol. The molecule has 4 nitrogen and oxygen atoms in total. The van der Waals surface area contributed by atoms with Crippen LogP contribution in [0.2, 0.25) is 0 Å². The van der Waals surface area contributed by atoms with Gasteiger partial charge in [-0.3, -0.25) is 0 Å². The van der Waals surface area contributed by atoms with Crippen molar-refractivity contribution in [3.63, 3.8) is 0 Å². The molecule has 0 aromatic heterocycles. The van der Waals surface area contributed by atoms with E-state index in [0.717, 1.165) is 16.7 Å². The molecule has 0 amide bonds. The molecule has 138 valence electrons. The van der Waals surface area contributed by atoms with Gasteiger partial charge in [0.15, 0.2) is 15.6 Å². The normalized spacial score (nSPS) is 16.4. The second-order valence-corrected chi connectivity index (χ2v) is 8.33. The van der Waals surface area contributed by atoms with Crippen LogP contribution in [0.1, 0.15) is 31.4 Å². The highest BCUT2D eigenvalue weighted by molar-refractivity contribution is 7.90. The Labute approximate surface area is 155 Å². The van der Waals surface area contributed by atoms with Gasteiger partial charge in [0, 0.05) is 31.5 Å². The monoisotopic (exact) mass is 372 g/mol. The Morgan fingerprint density at radius 3 is 1.96 bits per heavy atom. The number of rotatable bonds is 7. The highest BCUT2D eigenvalue weighted by Gasteiger charge is 2.48. The van der Waals surface area contributed by atoms with Crippen LogP contribution < -0.4 is 0 Å². The van der Waals surface area contributed by atoms with Gasteiger partial charge >= 0.3 is 0 Å². The average Bonchev–Trinajstić information content (AvgIpc) is 2.60. The third-order valence-electron chi connectivity index (χ3n) is 4.54. The Hall–Kier alpha value is -1.95. The summed E-state index contributed by atoms with van der Waals surface area (Å²) in [5.74, 6) is -0.777. The van der Waals surface area contributed by atoms with Crippen molar-refractivity contribution in [3.05, 3.63) is 65.7 Å². The zero-order chi connectivity index (χ0) is 18.8. The maximum Gasteiger partial charge on any atom is 0.199 e. The van der Waals surface area contributed by atoms with Gasteiger partial charge in [-0.25, -0.2) is 8.42 Å². The van der Waals surface area contributed by atoms with Crippen LogP contribution in [0.4, 0.5) is 0 Å². The summed E-state index contributed by atoms with van der Waals surface area (Å²) < 4.78 is 35.6. The van der Waals surface area contributed by atoms with Crippen molar-refractivity contribution >= 4 is 21.0 Å². The molecule has 0 heterocycles. The molecule has 0 saturated heterocycles. The Morgan fingerprint density at radius 1 is 0.885 bits per heavy atom. The van der Waals surface area contributed by atoms with Crippen LogP contribution >= 0.6 is 0 Å². The second kappa shape index (κ2) is 7.35. The Bertz CT molecular complexity index is 891. The van der Waals surface area contributed by atoms with E-state index in [-0.39, 0.29) is 0 Å². The first-order valence-electron chi connectivity index (χ1n) is 8.78. The molecule has 26 heavy (non-hydrogen) atoms. The lowest BCUT2D eigenvalue weighted by Crippen LogP contribution is -2.44. The van der Waals surface area contributed by atoms with Gasteiger partial charge in [-0.2, -0.15) is 0 Å². The number of hydrogen-bond donors (Lipinski definition) is 0. The fraction of sp³-hybridized carbons (Fsp3) is 0.333. The standard InChI is InChI=1S/C21H24O4S/c1-4-24-21(25-5-2)15-19(16-9-7-6-8-10-16)20(21)17-11-13-18(14-12-17)26(3,22)23/h6-14H,4-5,15H2,1-3H3. The maximum absolute atomic E-state index is 11.8. The summed E-state index contributed by atoms with van der Waals surface area (Å²) in [4.78, 5) is 0.306. The van der Waals surface area contributed by atoms with Gasteiger partial charge in [-0.05, 0) is 42.7 Å². The number of sulfone groups is 1. The summed E-state index contributed by atoms with van der Waals surface area (Å²) in [6.07, 6.45) is 1.88. The predicted molar refractivity (Wildman–Crippen MR) is 103 cm³/mol. The Balaban J connectivity index is 2.12. The quantitative estimate of drug-likeness (QED) is 0.685. The van der Waals surface area contributed by atoms with Gasteiger partial charge in [-0.1, -0.05) is 42.5 Å². The number of ether oxygens (including phenoxy) is 2. The van der Waals surface area contributed by atoms with E-state index < -0.39 is 15.6 Å². The predicted octanol–water partition coefficient (Wildman–Crippen LogP) is 4.17. The van der Waals surface area contributed by atoms with E-state index in [0.29, 0.717) is 24.5 Å².